The monoisotopic (exact) mass is 278 g/mol. The van der Waals surface area contributed by atoms with E-state index in [2.05, 4.69) is 35.1 Å². The Labute approximate surface area is 124 Å². The lowest BCUT2D eigenvalue weighted by atomic mass is 10.1. The predicted octanol–water partition coefficient (Wildman–Crippen LogP) is 3.89. The van der Waals surface area contributed by atoms with Crippen molar-refractivity contribution in [2.24, 2.45) is 0 Å². The number of nitrogens with zero attached hydrogens (tertiary/aromatic N) is 1. The van der Waals surface area contributed by atoms with Crippen LogP contribution in [0.25, 0.3) is 0 Å². The number of aromatic amines is 1. The zero-order valence-electron chi connectivity index (χ0n) is 12.0. The summed E-state index contributed by atoms with van der Waals surface area (Å²) in [5.41, 5.74) is 3.36. The maximum atomic E-state index is 5.75. The van der Waals surface area contributed by atoms with E-state index < -0.39 is 0 Å². The molecule has 0 fully saturated rings. The molecule has 0 amide bonds. The minimum Gasteiger partial charge on any atom is -0.487 e. The van der Waals surface area contributed by atoms with E-state index in [1.54, 1.807) is 0 Å². The standard InChI is InChI=1S/C18H18N2O/c1-14-6-5-9-17(10-14)21-13-16-12-19-18(20-16)11-15-7-3-2-4-8-15/h2-10,12H,11,13H2,1H3,(H,19,20). The molecule has 0 spiro atoms. The molecule has 1 heterocycles. The lowest BCUT2D eigenvalue weighted by molar-refractivity contribution is 0.301. The van der Waals surface area contributed by atoms with Crippen molar-refractivity contribution in [3.63, 3.8) is 0 Å². The molecular weight excluding hydrogens is 260 g/mol. The zero-order valence-corrected chi connectivity index (χ0v) is 12.0. The number of nitrogens with one attached hydrogen (secondary N) is 1. The average Bonchev–Trinajstić information content (AvgIpc) is 2.94. The number of imidazole rings is 1. The molecule has 3 heteroatoms. The summed E-state index contributed by atoms with van der Waals surface area (Å²) in [7, 11) is 0. The molecule has 0 saturated carbocycles. The quantitative estimate of drug-likeness (QED) is 0.769. The molecule has 3 nitrogen and oxygen atoms in total. The van der Waals surface area contributed by atoms with Crippen molar-refractivity contribution in [3.05, 3.63) is 83.4 Å². The number of hydrogen-bond donors (Lipinski definition) is 1. The van der Waals surface area contributed by atoms with Crippen molar-refractivity contribution in [2.75, 3.05) is 0 Å². The van der Waals surface area contributed by atoms with E-state index in [0.717, 1.165) is 23.7 Å². The minimum atomic E-state index is 0.481. The van der Waals surface area contributed by atoms with Gasteiger partial charge in [0.25, 0.3) is 0 Å². The first-order chi connectivity index (χ1) is 10.3. The number of rotatable bonds is 5. The van der Waals surface area contributed by atoms with E-state index in [1.165, 1.54) is 11.1 Å². The summed E-state index contributed by atoms with van der Waals surface area (Å²) >= 11 is 0. The van der Waals surface area contributed by atoms with Gasteiger partial charge >= 0.3 is 0 Å². The number of benzene rings is 2. The van der Waals surface area contributed by atoms with Gasteiger partial charge in [-0.1, -0.05) is 42.5 Å². The van der Waals surface area contributed by atoms with Crippen LogP contribution in [0.5, 0.6) is 5.75 Å². The Morgan fingerprint density at radius 1 is 1.05 bits per heavy atom. The molecule has 0 saturated heterocycles. The van der Waals surface area contributed by atoms with Gasteiger partial charge in [-0.05, 0) is 30.2 Å². The van der Waals surface area contributed by atoms with Crippen molar-refractivity contribution in [2.45, 2.75) is 20.0 Å². The predicted molar refractivity (Wildman–Crippen MR) is 83.3 cm³/mol. The summed E-state index contributed by atoms with van der Waals surface area (Å²) in [6, 6.07) is 18.3. The van der Waals surface area contributed by atoms with Gasteiger partial charge in [-0.25, -0.2) is 4.98 Å². The highest BCUT2D eigenvalue weighted by Crippen LogP contribution is 2.14. The molecule has 1 N–H and O–H groups in total. The molecule has 2 aromatic carbocycles. The van der Waals surface area contributed by atoms with Crippen molar-refractivity contribution in [3.8, 4) is 5.75 Å². The van der Waals surface area contributed by atoms with Gasteiger partial charge in [-0.3, -0.25) is 0 Å². The molecule has 21 heavy (non-hydrogen) atoms. The summed E-state index contributed by atoms with van der Waals surface area (Å²) in [5, 5.41) is 0. The Morgan fingerprint density at radius 2 is 1.90 bits per heavy atom. The highest BCUT2D eigenvalue weighted by molar-refractivity contribution is 5.27. The molecule has 0 aliphatic heterocycles. The highest BCUT2D eigenvalue weighted by atomic mass is 16.5. The van der Waals surface area contributed by atoms with Crippen molar-refractivity contribution < 1.29 is 4.74 Å². The number of aryl methyl sites for hydroxylation is 1. The number of aromatic nitrogens is 2. The van der Waals surface area contributed by atoms with Gasteiger partial charge in [-0.2, -0.15) is 0 Å². The van der Waals surface area contributed by atoms with Gasteiger partial charge < -0.3 is 9.72 Å². The molecule has 0 atom stereocenters. The van der Waals surface area contributed by atoms with Crippen LogP contribution in [0.1, 0.15) is 22.6 Å². The maximum Gasteiger partial charge on any atom is 0.132 e. The SMILES string of the molecule is Cc1cccc(OCc2c[nH]c(Cc3ccccc3)n2)c1. The third-order valence-corrected chi connectivity index (χ3v) is 3.27. The van der Waals surface area contributed by atoms with Gasteiger partial charge in [0.05, 0.1) is 5.69 Å². The van der Waals surface area contributed by atoms with Gasteiger partial charge in [0.1, 0.15) is 18.2 Å². The van der Waals surface area contributed by atoms with Crippen LogP contribution in [0.4, 0.5) is 0 Å². The van der Waals surface area contributed by atoms with Crippen molar-refractivity contribution in [1.82, 2.24) is 9.97 Å². The number of ether oxygens (including phenoxy) is 1. The minimum absolute atomic E-state index is 0.481. The average molecular weight is 278 g/mol. The summed E-state index contributed by atoms with van der Waals surface area (Å²) in [4.78, 5) is 7.77. The fourth-order valence-electron chi connectivity index (χ4n) is 2.22. The Hall–Kier alpha value is -2.55. The van der Waals surface area contributed by atoms with Crippen LogP contribution >= 0.6 is 0 Å². The molecule has 0 aliphatic carbocycles. The van der Waals surface area contributed by atoms with Crippen LogP contribution in [0, 0.1) is 6.92 Å². The van der Waals surface area contributed by atoms with Gasteiger partial charge in [0.15, 0.2) is 0 Å². The van der Waals surface area contributed by atoms with E-state index in [-0.39, 0.29) is 0 Å². The second-order valence-electron chi connectivity index (χ2n) is 5.11. The summed E-state index contributed by atoms with van der Waals surface area (Å²) in [6.45, 7) is 2.54. The van der Waals surface area contributed by atoms with Gasteiger partial charge in [-0.15, -0.1) is 0 Å². The van der Waals surface area contributed by atoms with E-state index in [4.69, 9.17) is 4.74 Å². The van der Waals surface area contributed by atoms with E-state index in [0.29, 0.717) is 6.61 Å². The molecule has 0 aliphatic rings. The van der Waals surface area contributed by atoms with E-state index in [1.807, 2.05) is 42.6 Å². The fraction of sp³-hybridized carbons (Fsp3) is 0.167. The van der Waals surface area contributed by atoms with Crippen LogP contribution in [0.15, 0.2) is 60.8 Å². The Bertz CT molecular complexity index is 704. The van der Waals surface area contributed by atoms with Crippen LogP contribution in [-0.4, -0.2) is 9.97 Å². The van der Waals surface area contributed by atoms with Crippen LogP contribution in [-0.2, 0) is 13.0 Å². The van der Waals surface area contributed by atoms with Gasteiger partial charge in [0.2, 0.25) is 0 Å². The largest absolute Gasteiger partial charge is 0.487 e. The first-order valence-corrected chi connectivity index (χ1v) is 7.06. The summed E-state index contributed by atoms with van der Waals surface area (Å²) in [6.07, 6.45) is 2.72. The molecule has 1 aromatic heterocycles. The Balaban J connectivity index is 1.60. The first-order valence-electron chi connectivity index (χ1n) is 7.06. The maximum absolute atomic E-state index is 5.75. The van der Waals surface area contributed by atoms with Crippen molar-refractivity contribution in [1.29, 1.82) is 0 Å². The molecule has 3 rings (SSSR count). The fourth-order valence-corrected chi connectivity index (χ4v) is 2.22. The normalized spacial score (nSPS) is 10.5. The highest BCUT2D eigenvalue weighted by Gasteiger charge is 2.03. The number of H-pyrrole nitrogens is 1. The molecule has 0 unspecified atom stereocenters. The second-order valence-corrected chi connectivity index (χ2v) is 5.11. The third kappa shape index (κ3) is 3.72. The molecular formula is C18H18N2O. The lowest BCUT2D eigenvalue weighted by Gasteiger charge is -2.04. The van der Waals surface area contributed by atoms with E-state index in [9.17, 15) is 0 Å². The Kier molecular flexibility index (Phi) is 4.01. The van der Waals surface area contributed by atoms with Crippen LogP contribution < -0.4 is 4.74 Å². The molecule has 106 valence electrons. The van der Waals surface area contributed by atoms with Crippen molar-refractivity contribution >= 4 is 0 Å². The third-order valence-electron chi connectivity index (χ3n) is 3.27. The van der Waals surface area contributed by atoms with Crippen LogP contribution in [0.2, 0.25) is 0 Å². The van der Waals surface area contributed by atoms with Gasteiger partial charge in [0, 0.05) is 12.6 Å². The molecule has 0 radical (unpaired) electrons. The topological polar surface area (TPSA) is 37.9 Å². The lowest BCUT2D eigenvalue weighted by Crippen LogP contribution is -1.97. The van der Waals surface area contributed by atoms with Crippen LogP contribution in [0.3, 0.4) is 0 Å². The summed E-state index contributed by atoms with van der Waals surface area (Å²) < 4.78 is 5.75. The smallest absolute Gasteiger partial charge is 0.132 e. The zero-order chi connectivity index (χ0) is 14.5. The molecule has 0 bridgehead atoms. The molecule has 3 aromatic rings. The Morgan fingerprint density at radius 3 is 2.71 bits per heavy atom. The summed E-state index contributed by atoms with van der Waals surface area (Å²) in [5.74, 6) is 1.84. The first kappa shape index (κ1) is 13.4. The number of hydrogen-bond acceptors (Lipinski definition) is 2. The second kappa shape index (κ2) is 6.27. The van der Waals surface area contributed by atoms with E-state index >= 15 is 0 Å².